The smallest absolute Gasteiger partial charge is 0.271 e. The molecule has 1 aliphatic rings. The number of halogens is 1. The van der Waals surface area contributed by atoms with E-state index in [0.29, 0.717) is 18.3 Å². The second-order valence-electron chi connectivity index (χ2n) is 6.50. The number of rotatable bonds is 6. The Hall–Kier alpha value is -2.05. The Kier molecular flexibility index (Phi) is 7.48. The second-order valence-corrected chi connectivity index (χ2v) is 6.50. The third kappa shape index (κ3) is 4.99. The summed E-state index contributed by atoms with van der Waals surface area (Å²) in [5, 5.41) is 10.8. The van der Waals surface area contributed by atoms with Gasteiger partial charge in [-0.1, -0.05) is 17.7 Å². The van der Waals surface area contributed by atoms with Crippen LogP contribution < -0.4 is 15.4 Å². The number of hydrogen-bond acceptors (Lipinski definition) is 4. The fourth-order valence-electron chi connectivity index (χ4n) is 3.23. The first-order valence-corrected chi connectivity index (χ1v) is 8.85. The summed E-state index contributed by atoms with van der Waals surface area (Å²) in [6.45, 7) is 4.58. The van der Waals surface area contributed by atoms with E-state index in [0.717, 1.165) is 43.7 Å². The molecule has 0 spiro atoms. The molecule has 0 aliphatic carbocycles. The minimum Gasteiger partial charge on any atom is -0.496 e. The first-order valence-electron chi connectivity index (χ1n) is 8.85. The quantitative estimate of drug-likeness (QED) is 0.810. The minimum atomic E-state index is -0.130. The molecule has 6 nitrogen and oxygen atoms in total. The maximum atomic E-state index is 12.3. The fourth-order valence-corrected chi connectivity index (χ4v) is 3.23. The van der Waals surface area contributed by atoms with Gasteiger partial charge in [0.1, 0.15) is 11.4 Å². The molecule has 26 heavy (non-hydrogen) atoms. The van der Waals surface area contributed by atoms with E-state index in [1.54, 1.807) is 13.2 Å². The van der Waals surface area contributed by atoms with Crippen LogP contribution in [0.2, 0.25) is 0 Å². The van der Waals surface area contributed by atoms with E-state index in [4.69, 9.17) is 4.74 Å². The van der Waals surface area contributed by atoms with E-state index in [-0.39, 0.29) is 18.3 Å². The van der Waals surface area contributed by atoms with Crippen LogP contribution in [0.1, 0.15) is 40.5 Å². The number of aromatic nitrogens is 2. The van der Waals surface area contributed by atoms with E-state index in [9.17, 15) is 4.79 Å². The number of benzene rings is 1. The molecule has 2 N–H and O–H groups in total. The Morgan fingerprint density at radius 1 is 1.42 bits per heavy atom. The largest absolute Gasteiger partial charge is 0.496 e. The van der Waals surface area contributed by atoms with Crippen LogP contribution in [0.3, 0.4) is 0 Å². The van der Waals surface area contributed by atoms with Crippen molar-refractivity contribution in [3.8, 4) is 5.75 Å². The molecule has 1 aromatic heterocycles. The zero-order chi connectivity index (χ0) is 17.6. The van der Waals surface area contributed by atoms with Gasteiger partial charge in [0.15, 0.2) is 0 Å². The van der Waals surface area contributed by atoms with Gasteiger partial charge in [0.05, 0.1) is 13.2 Å². The third-order valence-corrected chi connectivity index (χ3v) is 4.60. The fraction of sp³-hybridized carbons (Fsp3) is 0.474. The molecule has 7 heteroatoms. The molecule has 1 aromatic carbocycles. The van der Waals surface area contributed by atoms with Crippen molar-refractivity contribution in [1.29, 1.82) is 0 Å². The maximum absolute atomic E-state index is 12.3. The first kappa shape index (κ1) is 20.3. The molecule has 1 aliphatic heterocycles. The predicted octanol–water partition coefficient (Wildman–Crippen LogP) is 2.52. The molecule has 1 amide bonds. The van der Waals surface area contributed by atoms with Gasteiger partial charge in [-0.15, -0.1) is 12.4 Å². The third-order valence-electron chi connectivity index (χ3n) is 4.60. The van der Waals surface area contributed by atoms with E-state index in [1.165, 1.54) is 5.56 Å². The summed E-state index contributed by atoms with van der Waals surface area (Å²) < 4.78 is 7.29. The van der Waals surface area contributed by atoms with Crippen molar-refractivity contribution >= 4 is 18.3 Å². The number of nitrogens with zero attached hydrogens (tertiary/aromatic N) is 2. The summed E-state index contributed by atoms with van der Waals surface area (Å²) in [4.78, 5) is 12.3. The maximum Gasteiger partial charge on any atom is 0.271 e. The molecule has 3 rings (SSSR count). The van der Waals surface area contributed by atoms with E-state index in [2.05, 4.69) is 21.8 Å². The number of carbonyl (C=O) groups is 1. The van der Waals surface area contributed by atoms with Crippen molar-refractivity contribution in [3.05, 3.63) is 47.3 Å². The number of piperidine rings is 1. The number of aryl methyl sites for hydroxylation is 1. The van der Waals surface area contributed by atoms with Crippen molar-refractivity contribution in [2.45, 2.75) is 32.2 Å². The lowest BCUT2D eigenvalue weighted by atomic mass is 10.1. The SMILES string of the molecule is COc1ccc(C)cc1CCNC(=O)c1ccn(C2CCCNC2)n1.Cl. The number of nitrogens with one attached hydrogen (secondary N) is 2. The number of amides is 1. The minimum absolute atomic E-state index is 0. The number of methoxy groups -OCH3 is 1. The van der Waals surface area contributed by atoms with Crippen LogP contribution in [0.25, 0.3) is 0 Å². The first-order chi connectivity index (χ1) is 12.2. The highest BCUT2D eigenvalue weighted by Gasteiger charge is 2.17. The van der Waals surface area contributed by atoms with Gasteiger partial charge in [-0.2, -0.15) is 5.10 Å². The Labute approximate surface area is 160 Å². The zero-order valence-corrected chi connectivity index (χ0v) is 16.1. The number of hydrogen-bond donors (Lipinski definition) is 2. The van der Waals surface area contributed by atoms with Gasteiger partial charge >= 0.3 is 0 Å². The number of ether oxygens (including phenoxy) is 1. The Morgan fingerprint density at radius 3 is 3.00 bits per heavy atom. The molecule has 0 saturated carbocycles. The van der Waals surface area contributed by atoms with Crippen LogP contribution in [0, 0.1) is 6.92 Å². The summed E-state index contributed by atoms with van der Waals surface area (Å²) in [6.07, 6.45) is 4.87. The summed E-state index contributed by atoms with van der Waals surface area (Å²) in [5.74, 6) is 0.725. The molecule has 1 unspecified atom stereocenters. The van der Waals surface area contributed by atoms with Crippen LogP contribution in [0.4, 0.5) is 0 Å². The van der Waals surface area contributed by atoms with Gasteiger partial charge in [-0.05, 0) is 50.4 Å². The molecule has 1 atom stereocenters. The monoisotopic (exact) mass is 378 g/mol. The molecule has 142 valence electrons. The predicted molar refractivity (Wildman–Crippen MR) is 104 cm³/mol. The van der Waals surface area contributed by atoms with Crippen molar-refractivity contribution in [2.24, 2.45) is 0 Å². The van der Waals surface area contributed by atoms with Crippen LogP contribution in [0.15, 0.2) is 30.5 Å². The standard InChI is InChI=1S/C19H26N4O2.ClH/c1-14-5-6-18(25-2)15(12-14)7-10-21-19(24)17-8-11-23(22-17)16-4-3-9-20-13-16;/h5-6,8,11-12,16,20H,3-4,7,9-10,13H2,1-2H3,(H,21,24);1H. The average Bonchev–Trinajstić information content (AvgIpc) is 3.13. The van der Waals surface area contributed by atoms with Crippen LogP contribution in [-0.2, 0) is 6.42 Å². The van der Waals surface area contributed by atoms with Gasteiger partial charge in [-0.3, -0.25) is 9.48 Å². The highest BCUT2D eigenvalue weighted by Crippen LogP contribution is 2.20. The van der Waals surface area contributed by atoms with Gasteiger partial charge in [0.2, 0.25) is 0 Å². The summed E-state index contributed by atoms with van der Waals surface area (Å²) >= 11 is 0. The lowest BCUT2D eigenvalue weighted by Crippen LogP contribution is -2.32. The molecular formula is C19H27ClN4O2. The topological polar surface area (TPSA) is 68.2 Å². The molecule has 2 aromatic rings. The zero-order valence-electron chi connectivity index (χ0n) is 15.3. The van der Waals surface area contributed by atoms with E-state index < -0.39 is 0 Å². The lowest BCUT2D eigenvalue weighted by molar-refractivity contribution is 0.0947. The van der Waals surface area contributed by atoms with E-state index >= 15 is 0 Å². The molecule has 0 radical (unpaired) electrons. The Morgan fingerprint density at radius 2 is 2.27 bits per heavy atom. The molecular weight excluding hydrogens is 352 g/mol. The molecule has 1 fully saturated rings. The van der Waals surface area contributed by atoms with Crippen LogP contribution >= 0.6 is 12.4 Å². The summed E-state index contributed by atoms with van der Waals surface area (Å²) in [7, 11) is 1.67. The van der Waals surface area contributed by atoms with Crippen molar-refractivity contribution in [1.82, 2.24) is 20.4 Å². The van der Waals surface area contributed by atoms with Gasteiger partial charge < -0.3 is 15.4 Å². The van der Waals surface area contributed by atoms with Crippen molar-refractivity contribution in [2.75, 3.05) is 26.7 Å². The molecule has 0 bridgehead atoms. The van der Waals surface area contributed by atoms with Crippen LogP contribution in [-0.4, -0.2) is 42.4 Å². The van der Waals surface area contributed by atoms with Gasteiger partial charge in [0.25, 0.3) is 5.91 Å². The van der Waals surface area contributed by atoms with Gasteiger partial charge in [0, 0.05) is 19.3 Å². The summed E-state index contributed by atoms with van der Waals surface area (Å²) in [6, 6.07) is 8.21. The van der Waals surface area contributed by atoms with E-state index in [1.807, 2.05) is 29.9 Å². The van der Waals surface area contributed by atoms with Crippen molar-refractivity contribution < 1.29 is 9.53 Å². The second kappa shape index (κ2) is 9.59. The highest BCUT2D eigenvalue weighted by atomic mass is 35.5. The number of carbonyl (C=O) groups excluding carboxylic acids is 1. The van der Waals surface area contributed by atoms with Gasteiger partial charge in [-0.25, -0.2) is 0 Å². The Bertz CT molecular complexity index is 726. The molecule has 2 heterocycles. The highest BCUT2D eigenvalue weighted by molar-refractivity contribution is 5.92. The lowest BCUT2D eigenvalue weighted by Gasteiger charge is -2.22. The summed E-state index contributed by atoms with van der Waals surface area (Å²) in [5.41, 5.74) is 2.75. The normalized spacial score (nSPS) is 16.6. The molecule has 1 saturated heterocycles. The average molecular weight is 379 g/mol. The van der Waals surface area contributed by atoms with Crippen LogP contribution in [0.5, 0.6) is 5.75 Å². The van der Waals surface area contributed by atoms with Crippen molar-refractivity contribution in [3.63, 3.8) is 0 Å². The Balaban J connectivity index is 0.00000243.